The predicted octanol–water partition coefficient (Wildman–Crippen LogP) is 2.34. The van der Waals surface area contributed by atoms with E-state index >= 15 is 0 Å². The third-order valence-electron chi connectivity index (χ3n) is 4.99. The minimum absolute atomic E-state index is 0.335. The van der Waals surface area contributed by atoms with Crippen molar-refractivity contribution >= 4 is 34.9 Å². The molecule has 4 rings (SSSR count). The largest absolute Gasteiger partial charge is 0.341 e. The maximum absolute atomic E-state index is 13.1. The number of thioether (sulfide) groups is 1. The molecule has 156 valence electrons. The fourth-order valence-electron chi connectivity index (χ4n) is 3.44. The molecule has 0 atom stereocenters. The van der Waals surface area contributed by atoms with Gasteiger partial charge in [0.1, 0.15) is 0 Å². The Balaban J connectivity index is 1.28. The van der Waals surface area contributed by atoms with E-state index in [1.165, 1.54) is 6.07 Å². The average molecular weight is 428 g/mol. The average Bonchev–Trinajstić information content (AvgIpc) is 3.05. The summed E-state index contributed by atoms with van der Waals surface area (Å²) in [4.78, 5) is 38.2. The molecule has 10 heteroatoms. The number of amides is 2. The fourth-order valence-corrected chi connectivity index (χ4v) is 4.11. The number of imide groups is 1. The predicted molar refractivity (Wildman–Crippen MR) is 112 cm³/mol. The summed E-state index contributed by atoms with van der Waals surface area (Å²) in [6.45, 7) is 3.06. The van der Waals surface area contributed by atoms with E-state index in [4.69, 9.17) is 0 Å². The molecule has 30 heavy (non-hydrogen) atoms. The number of carbonyl (C=O) groups excluding carboxylic acids is 2. The lowest BCUT2D eigenvalue weighted by Gasteiger charge is -2.32. The van der Waals surface area contributed by atoms with E-state index in [1.54, 1.807) is 24.4 Å². The number of hydrogen-bond donors (Lipinski definition) is 2. The molecule has 2 saturated heterocycles. The van der Waals surface area contributed by atoms with Crippen LogP contribution in [0.3, 0.4) is 0 Å². The molecule has 0 radical (unpaired) electrons. The van der Waals surface area contributed by atoms with Crippen molar-refractivity contribution in [1.82, 2.24) is 25.6 Å². The minimum Gasteiger partial charge on any atom is -0.341 e. The van der Waals surface area contributed by atoms with Gasteiger partial charge in [0.2, 0.25) is 11.9 Å². The molecular weight excluding hydrogens is 407 g/mol. The lowest BCUT2D eigenvalue weighted by Crippen LogP contribution is -2.38. The van der Waals surface area contributed by atoms with Crippen LogP contribution in [0.1, 0.15) is 24.2 Å². The van der Waals surface area contributed by atoms with Crippen LogP contribution < -0.4 is 15.5 Å². The first kappa shape index (κ1) is 20.4. The summed E-state index contributed by atoms with van der Waals surface area (Å²) in [7, 11) is 0. The highest BCUT2D eigenvalue weighted by molar-refractivity contribution is 8.18. The number of nitrogens with one attached hydrogen (secondary N) is 2. The van der Waals surface area contributed by atoms with Gasteiger partial charge in [0.05, 0.1) is 16.3 Å². The van der Waals surface area contributed by atoms with Crippen molar-refractivity contribution in [2.24, 2.45) is 5.92 Å². The summed E-state index contributed by atoms with van der Waals surface area (Å²) in [5.74, 6) is 0.283. The third kappa shape index (κ3) is 5.19. The lowest BCUT2D eigenvalue weighted by molar-refractivity contribution is -0.115. The Bertz CT molecular complexity index is 977. The molecule has 0 aromatic carbocycles. The van der Waals surface area contributed by atoms with Crippen molar-refractivity contribution < 1.29 is 14.0 Å². The van der Waals surface area contributed by atoms with Crippen LogP contribution in [-0.2, 0) is 11.3 Å². The van der Waals surface area contributed by atoms with Crippen LogP contribution in [0, 0.1) is 11.9 Å². The molecule has 4 heterocycles. The Morgan fingerprint density at radius 2 is 2.07 bits per heavy atom. The second kappa shape index (κ2) is 9.31. The second-order valence-corrected chi connectivity index (χ2v) is 8.16. The Hall–Kier alpha value is -2.85. The number of aromatic nitrogens is 3. The standard InChI is InChI=1S/C20H21FN6O2S/c21-17-3-1-2-15(24-17)12-22-11-13-5-8-27(9-6-13)19-23-7-4-14(25-19)10-16-18(28)26-20(29)30-16/h1-4,7,10,13,22H,5-6,8-9,11-12H2,(H,26,28,29)/b16-10+. The quantitative estimate of drug-likeness (QED) is 0.534. The zero-order chi connectivity index (χ0) is 20.9. The van der Waals surface area contributed by atoms with Gasteiger partial charge in [-0.25, -0.2) is 15.0 Å². The summed E-state index contributed by atoms with van der Waals surface area (Å²) in [6, 6.07) is 6.53. The van der Waals surface area contributed by atoms with Crippen molar-refractivity contribution in [1.29, 1.82) is 0 Å². The molecule has 2 aliphatic heterocycles. The van der Waals surface area contributed by atoms with Crippen LogP contribution in [0.5, 0.6) is 0 Å². The molecule has 0 aliphatic carbocycles. The van der Waals surface area contributed by atoms with Crippen LogP contribution in [0.25, 0.3) is 6.08 Å². The number of piperidine rings is 1. The second-order valence-electron chi connectivity index (χ2n) is 7.15. The Labute approximate surface area is 177 Å². The highest BCUT2D eigenvalue weighted by Crippen LogP contribution is 2.26. The van der Waals surface area contributed by atoms with Gasteiger partial charge in [-0.05, 0) is 61.3 Å². The molecule has 2 fully saturated rings. The SMILES string of the molecule is O=C1NC(=O)/C(=C\c2ccnc(N3CCC(CNCc4cccc(F)n4)CC3)n2)S1. The third-order valence-corrected chi connectivity index (χ3v) is 5.81. The van der Waals surface area contributed by atoms with E-state index in [9.17, 15) is 14.0 Å². The van der Waals surface area contributed by atoms with Gasteiger partial charge in [0, 0.05) is 25.8 Å². The van der Waals surface area contributed by atoms with Gasteiger partial charge < -0.3 is 10.2 Å². The van der Waals surface area contributed by atoms with E-state index in [0.29, 0.717) is 34.7 Å². The fraction of sp³-hybridized carbons (Fsp3) is 0.350. The number of pyridine rings is 1. The summed E-state index contributed by atoms with van der Waals surface area (Å²) in [5, 5.41) is 5.22. The molecule has 0 saturated carbocycles. The Morgan fingerprint density at radius 1 is 1.23 bits per heavy atom. The van der Waals surface area contributed by atoms with E-state index in [0.717, 1.165) is 44.2 Å². The van der Waals surface area contributed by atoms with Gasteiger partial charge in [-0.15, -0.1) is 0 Å². The Morgan fingerprint density at radius 3 is 2.80 bits per heavy atom. The first-order chi connectivity index (χ1) is 14.6. The van der Waals surface area contributed by atoms with Crippen molar-refractivity contribution in [2.75, 3.05) is 24.5 Å². The summed E-state index contributed by atoms with van der Waals surface area (Å²) < 4.78 is 13.1. The molecule has 0 spiro atoms. The van der Waals surface area contributed by atoms with Crippen LogP contribution in [0.2, 0.25) is 0 Å². The summed E-state index contributed by atoms with van der Waals surface area (Å²) in [5.41, 5.74) is 1.29. The summed E-state index contributed by atoms with van der Waals surface area (Å²) in [6.07, 6.45) is 5.25. The van der Waals surface area contributed by atoms with E-state index < -0.39 is 11.9 Å². The number of rotatable bonds is 6. The van der Waals surface area contributed by atoms with Gasteiger partial charge >= 0.3 is 0 Å². The number of anilines is 1. The molecule has 2 aromatic heterocycles. The Kier molecular flexibility index (Phi) is 6.34. The van der Waals surface area contributed by atoms with Gasteiger partial charge in [-0.2, -0.15) is 4.39 Å². The van der Waals surface area contributed by atoms with Gasteiger partial charge in [0.15, 0.2) is 0 Å². The van der Waals surface area contributed by atoms with Crippen LogP contribution in [0.4, 0.5) is 15.1 Å². The lowest BCUT2D eigenvalue weighted by atomic mass is 9.97. The molecule has 0 bridgehead atoms. The molecular formula is C20H21FN6O2S. The van der Waals surface area contributed by atoms with Crippen molar-refractivity contribution in [3.8, 4) is 0 Å². The number of halogens is 1. The van der Waals surface area contributed by atoms with Crippen LogP contribution in [0.15, 0.2) is 35.4 Å². The normalized spacial score (nSPS) is 18.8. The zero-order valence-electron chi connectivity index (χ0n) is 16.2. The van der Waals surface area contributed by atoms with E-state index in [-0.39, 0.29) is 5.24 Å². The van der Waals surface area contributed by atoms with Gasteiger partial charge in [0.25, 0.3) is 11.1 Å². The van der Waals surface area contributed by atoms with E-state index in [2.05, 4.69) is 30.5 Å². The first-order valence-electron chi connectivity index (χ1n) is 9.72. The smallest absolute Gasteiger partial charge is 0.290 e. The topological polar surface area (TPSA) is 100 Å². The van der Waals surface area contributed by atoms with Crippen molar-refractivity contribution in [2.45, 2.75) is 19.4 Å². The van der Waals surface area contributed by atoms with Crippen LogP contribution in [-0.4, -0.2) is 45.7 Å². The highest BCUT2D eigenvalue weighted by Gasteiger charge is 2.25. The summed E-state index contributed by atoms with van der Waals surface area (Å²) >= 11 is 0.872. The van der Waals surface area contributed by atoms with Gasteiger partial charge in [-0.3, -0.25) is 14.9 Å². The zero-order valence-corrected chi connectivity index (χ0v) is 17.0. The molecule has 2 amide bonds. The molecule has 2 N–H and O–H groups in total. The number of hydrogen-bond acceptors (Lipinski definition) is 8. The molecule has 2 aromatic rings. The first-order valence-corrected chi connectivity index (χ1v) is 10.5. The maximum Gasteiger partial charge on any atom is 0.290 e. The van der Waals surface area contributed by atoms with Crippen LogP contribution >= 0.6 is 11.8 Å². The molecule has 2 aliphatic rings. The van der Waals surface area contributed by atoms with Crippen molar-refractivity contribution in [3.05, 3.63) is 52.7 Å². The maximum atomic E-state index is 13.1. The van der Waals surface area contributed by atoms with Crippen molar-refractivity contribution in [3.63, 3.8) is 0 Å². The highest BCUT2D eigenvalue weighted by atomic mass is 32.2. The number of carbonyl (C=O) groups is 2. The minimum atomic E-state index is -0.459. The monoisotopic (exact) mass is 428 g/mol. The molecule has 8 nitrogen and oxygen atoms in total. The van der Waals surface area contributed by atoms with Gasteiger partial charge in [-0.1, -0.05) is 6.07 Å². The van der Waals surface area contributed by atoms with E-state index in [1.807, 2.05) is 6.07 Å². The molecule has 0 unspecified atom stereocenters. The number of nitrogens with zero attached hydrogens (tertiary/aromatic N) is 4.